The number of hydrogen-bond acceptors (Lipinski definition) is 5. The quantitative estimate of drug-likeness (QED) is 0.638. The van der Waals surface area contributed by atoms with Gasteiger partial charge in [0.25, 0.3) is 5.91 Å². The summed E-state index contributed by atoms with van der Waals surface area (Å²) in [5, 5.41) is 2.70. The van der Waals surface area contributed by atoms with Crippen LogP contribution in [-0.2, 0) is 20.0 Å². The zero-order chi connectivity index (χ0) is 22.7. The van der Waals surface area contributed by atoms with Gasteiger partial charge in [0.2, 0.25) is 20.0 Å². The van der Waals surface area contributed by atoms with Crippen LogP contribution in [0.2, 0.25) is 0 Å². The van der Waals surface area contributed by atoms with Gasteiger partial charge >= 0.3 is 0 Å². The van der Waals surface area contributed by atoms with Crippen molar-refractivity contribution in [1.29, 1.82) is 0 Å². The van der Waals surface area contributed by atoms with Gasteiger partial charge in [0.15, 0.2) is 0 Å². The number of nitrogens with one attached hydrogen (secondary N) is 2. The lowest BCUT2D eigenvalue weighted by molar-refractivity contribution is 0.102. The summed E-state index contributed by atoms with van der Waals surface area (Å²) in [6.07, 6.45) is 0.505. The second kappa shape index (κ2) is 9.15. The monoisotopic (exact) mass is 453 g/mol. The van der Waals surface area contributed by atoms with E-state index in [1.807, 2.05) is 0 Å². The lowest BCUT2D eigenvalue weighted by Gasteiger charge is -2.16. The largest absolute Gasteiger partial charge is 0.322 e. The van der Waals surface area contributed by atoms with Crippen molar-refractivity contribution in [3.05, 3.63) is 53.1 Å². The van der Waals surface area contributed by atoms with E-state index in [0.29, 0.717) is 28.9 Å². The first kappa shape index (κ1) is 23.8. The number of carbonyl (C=O) groups is 1. The molecule has 0 radical (unpaired) electrons. The number of sulfonamides is 2. The molecule has 0 saturated carbocycles. The summed E-state index contributed by atoms with van der Waals surface area (Å²) in [4.78, 5) is 12.8. The molecular formula is C20H27N3O5S2. The highest BCUT2D eigenvalue weighted by molar-refractivity contribution is 7.92. The van der Waals surface area contributed by atoms with Crippen molar-refractivity contribution in [3.63, 3.8) is 0 Å². The van der Waals surface area contributed by atoms with Gasteiger partial charge in [-0.2, -0.15) is 0 Å². The Balaban J connectivity index is 2.25. The molecule has 0 aliphatic carbocycles. The standard InChI is InChI=1S/C20H27N3O5S2/c1-6-11-29(25,26)22-18-9-7-17(8-10-18)21-20(24)16-12-14(2)15(3)19(13-16)30(27,28)23(4)5/h7-10,12-13,22H,6,11H2,1-5H3,(H,21,24). The Bertz CT molecular complexity index is 1140. The highest BCUT2D eigenvalue weighted by Gasteiger charge is 2.23. The van der Waals surface area contributed by atoms with Crippen LogP contribution in [0, 0.1) is 13.8 Å². The van der Waals surface area contributed by atoms with Crippen LogP contribution in [0.1, 0.15) is 34.8 Å². The van der Waals surface area contributed by atoms with Gasteiger partial charge in [-0.25, -0.2) is 21.1 Å². The summed E-state index contributed by atoms with van der Waals surface area (Å²) in [6, 6.07) is 9.23. The normalized spacial score (nSPS) is 12.1. The average molecular weight is 454 g/mol. The molecule has 0 atom stereocenters. The average Bonchev–Trinajstić information content (AvgIpc) is 2.64. The van der Waals surface area contributed by atoms with Gasteiger partial charge in [-0.3, -0.25) is 9.52 Å². The third-order valence-corrected chi connectivity index (χ3v) is 7.96. The highest BCUT2D eigenvalue weighted by Crippen LogP contribution is 2.24. The number of benzene rings is 2. The molecule has 164 valence electrons. The first-order valence-corrected chi connectivity index (χ1v) is 12.4. The Morgan fingerprint density at radius 3 is 2.07 bits per heavy atom. The van der Waals surface area contributed by atoms with Crippen molar-refractivity contribution in [2.75, 3.05) is 29.9 Å². The number of aryl methyl sites for hydroxylation is 1. The Morgan fingerprint density at radius 2 is 1.53 bits per heavy atom. The van der Waals surface area contributed by atoms with Gasteiger partial charge in [-0.15, -0.1) is 0 Å². The van der Waals surface area contributed by atoms with Crippen LogP contribution < -0.4 is 10.0 Å². The van der Waals surface area contributed by atoms with Crippen LogP contribution in [0.5, 0.6) is 0 Å². The van der Waals surface area contributed by atoms with Gasteiger partial charge in [-0.1, -0.05) is 6.92 Å². The molecule has 0 spiro atoms. The molecule has 2 aromatic rings. The maximum atomic E-state index is 12.7. The predicted molar refractivity (Wildman–Crippen MR) is 119 cm³/mol. The molecule has 30 heavy (non-hydrogen) atoms. The second-order valence-electron chi connectivity index (χ2n) is 7.16. The fourth-order valence-corrected chi connectivity index (χ4v) is 5.10. The van der Waals surface area contributed by atoms with Crippen LogP contribution in [0.3, 0.4) is 0 Å². The summed E-state index contributed by atoms with van der Waals surface area (Å²) >= 11 is 0. The predicted octanol–water partition coefficient (Wildman–Crippen LogP) is 2.96. The SMILES string of the molecule is CCCS(=O)(=O)Nc1ccc(NC(=O)c2cc(C)c(C)c(S(=O)(=O)N(C)C)c2)cc1. The molecule has 2 aromatic carbocycles. The molecule has 0 aromatic heterocycles. The van der Waals surface area contributed by atoms with Crippen LogP contribution in [0.15, 0.2) is 41.3 Å². The second-order valence-corrected chi connectivity index (χ2v) is 11.1. The zero-order valence-electron chi connectivity index (χ0n) is 17.7. The van der Waals surface area contributed by atoms with Crippen LogP contribution in [0.25, 0.3) is 0 Å². The molecule has 0 saturated heterocycles. The third kappa shape index (κ3) is 5.59. The molecule has 0 heterocycles. The van der Waals surface area contributed by atoms with Crippen molar-refractivity contribution in [3.8, 4) is 0 Å². The van der Waals surface area contributed by atoms with E-state index in [-0.39, 0.29) is 16.2 Å². The maximum absolute atomic E-state index is 12.7. The number of nitrogens with zero attached hydrogens (tertiary/aromatic N) is 1. The minimum Gasteiger partial charge on any atom is -0.322 e. The van der Waals surface area contributed by atoms with Gasteiger partial charge in [0, 0.05) is 31.0 Å². The van der Waals surface area contributed by atoms with Crippen LogP contribution in [0.4, 0.5) is 11.4 Å². The topological polar surface area (TPSA) is 113 Å². The first-order valence-electron chi connectivity index (χ1n) is 9.33. The van der Waals surface area contributed by atoms with E-state index >= 15 is 0 Å². The van der Waals surface area contributed by atoms with E-state index in [0.717, 1.165) is 4.31 Å². The fourth-order valence-electron chi connectivity index (χ4n) is 2.75. The molecule has 0 fully saturated rings. The van der Waals surface area contributed by atoms with E-state index in [1.165, 1.54) is 20.2 Å². The zero-order valence-corrected chi connectivity index (χ0v) is 19.3. The maximum Gasteiger partial charge on any atom is 0.255 e. The summed E-state index contributed by atoms with van der Waals surface area (Å²) < 4.78 is 52.4. The van der Waals surface area contributed by atoms with E-state index in [4.69, 9.17) is 0 Å². The van der Waals surface area contributed by atoms with E-state index in [2.05, 4.69) is 10.0 Å². The summed E-state index contributed by atoms with van der Waals surface area (Å²) in [7, 11) is -4.22. The van der Waals surface area contributed by atoms with Crippen molar-refractivity contribution < 1.29 is 21.6 Å². The minimum absolute atomic E-state index is 0.0243. The Kier molecular flexibility index (Phi) is 7.27. The lowest BCUT2D eigenvalue weighted by atomic mass is 10.1. The lowest BCUT2D eigenvalue weighted by Crippen LogP contribution is -2.24. The molecule has 8 nitrogen and oxygen atoms in total. The summed E-state index contributed by atoms with van der Waals surface area (Å²) in [6.45, 7) is 5.23. The van der Waals surface area contributed by atoms with Crippen molar-refractivity contribution in [2.24, 2.45) is 0 Å². The van der Waals surface area contributed by atoms with Crippen molar-refractivity contribution in [1.82, 2.24) is 4.31 Å². The summed E-state index contributed by atoms with van der Waals surface area (Å²) in [5.74, 6) is -0.441. The molecule has 0 bridgehead atoms. The molecule has 0 aliphatic rings. The van der Waals surface area contributed by atoms with E-state index < -0.39 is 26.0 Å². The molecule has 10 heteroatoms. The van der Waals surface area contributed by atoms with Crippen molar-refractivity contribution >= 4 is 37.3 Å². The molecule has 1 amide bonds. The minimum atomic E-state index is -3.70. The van der Waals surface area contributed by atoms with Gasteiger partial charge in [-0.05, 0) is 67.8 Å². The van der Waals surface area contributed by atoms with E-state index in [1.54, 1.807) is 51.1 Å². The van der Waals surface area contributed by atoms with Crippen LogP contribution >= 0.6 is 0 Å². The number of amides is 1. The Morgan fingerprint density at radius 1 is 0.967 bits per heavy atom. The van der Waals surface area contributed by atoms with Gasteiger partial charge in [0.1, 0.15) is 0 Å². The molecule has 0 unspecified atom stereocenters. The van der Waals surface area contributed by atoms with E-state index in [9.17, 15) is 21.6 Å². The fraction of sp³-hybridized carbons (Fsp3) is 0.350. The molecule has 2 rings (SSSR count). The number of hydrogen-bond donors (Lipinski definition) is 2. The highest BCUT2D eigenvalue weighted by atomic mass is 32.2. The number of rotatable bonds is 8. The Hall–Kier alpha value is -2.43. The third-order valence-electron chi connectivity index (χ3n) is 4.53. The molecular weight excluding hydrogens is 426 g/mol. The van der Waals surface area contributed by atoms with Crippen molar-refractivity contribution in [2.45, 2.75) is 32.1 Å². The first-order chi connectivity index (χ1) is 13.9. The number of carbonyl (C=O) groups excluding carboxylic acids is 1. The smallest absolute Gasteiger partial charge is 0.255 e. The Labute approximate surface area is 178 Å². The van der Waals surface area contributed by atoms with Crippen LogP contribution in [-0.4, -0.2) is 46.9 Å². The van der Waals surface area contributed by atoms with Gasteiger partial charge < -0.3 is 5.32 Å². The molecule has 2 N–H and O–H groups in total. The van der Waals surface area contributed by atoms with Gasteiger partial charge in [0.05, 0.1) is 10.6 Å². The summed E-state index contributed by atoms with van der Waals surface area (Å²) in [5.41, 5.74) is 2.33. The molecule has 0 aliphatic heterocycles. The number of anilines is 2.